The molecule has 0 spiro atoms. The Hall–Kier alpha value is -2.65. The van der Waals surface area contributed by atoms with Gasteiger partial charge in [-0.2, -0.15) is 0 Å². The predicted octanol–water partition coefficient (Wildman–Crippen LogP) is 4.36. The number of rotatable bonds is 13. The highest BCUT2D eigenvalue weighted by Gasteiger charge is 2.29. The van der Waals surface area contributed by atoms with Gasteiger partial charge in [0.1, 0.15) is 11.9 Å². The average Bonchev–Trinajstić information content (AvgIpc) is 2.81. The van der Waals surface area contributed by atoms with Crippen molar-refractivity contribution >= 4 is 39.1 Å². The third-order valence-corrected chi connectivity index (χ3v) is 7.06. The van der Waals surface area contributed by atoms with Gasteiger partial charge < -0.3 is 10.2 Å². The minimum Gasteiger partial charge on any atom is -0.354 e. The molecule has 192 valence electrons. The number of amides is 2. The zero-order valence-corrected chi connectivity index (χ0v) is 21.9. The summed E-state index contributed by atoms with van der Waals surface area (Å²) >= 11 is 6.32. The van der Waals surface area contributed by atoms with Gasteiger partial charge >= 0.3 is 0 Å². The average molecular weight is 526 g/mol. The minimum absolute atomic E-state index is 0.0230. The molecule has 1 atom stereocenters. The number of anilines is 1. The molecule has 10 heteroatoms. The molecule has 0 aliphatic heterocycles. The number of carbonyl (C=O) groups excluding carboxylic acids is 2. The van der Waals surface area contributed by atoms with Crippen LogP contribution in [0.2, 0.25) is 5.02 Å². The van der Waals surface area contributed by atoms with Crippen molar-refractivity contribution < 1.29 is 22.4 Å². The summed E-state index contributed by atoms with van der Waals surface area (Å²) in [4.78, 5) is 27.7. The van der Waals surface area contributed by atoms with Gasteiger partial charge in [-0.05, 0) is 55.2 Å². The summed E-state index contributed by atoms with van der Waals surface area (Å²) in [6.07, 6.45) is 2.49. The Morgan fingerprint density at radius 2 is 1.74 bits per heavy atom. The molecular weight excluding hydrogens is 493 g/mol. The summed E-state index contributed by atoms with van der Waals surface area (Å²) < 4.78 is 39.1. The second kappa shape index (κ2) is 13.4. The smallest absolute Gasteiger partial charge is 0.242 e. The van der Waals surface area contributed by atoms with E-state index in [0.717, 1.165) is 17.0 Å². The van der Waals surface area contributed by atoms with Crippen LogP contribution in [-0.2, 0) is 26.2 Å². The molecule has 2 rings (SSSR count). The van der Waals surface area contributed by atoms with Crippen LogP contribution >= 0.6 is 11.6 Å². The Kier molecular flexibility index (Phi) is 11.0. The minimum atomic E-state index is -3.64. The highest BCUT2D eigenvalue weighted by Crippen LogP contribution is 2.22. The van der Waals surface area contributed by atoms with Crippen LogP contribution in [0.1, 0.15) is 45.1 Å². The molecule has 2 aromatic rings. The number of hydrogen-bond acceptors (Lipinski definition) is 4. The Bertz CT molecular complexity index is 1100. The molecule has 0 heterocycles. The summed E-state index contributed by atoms with van der Waals surface area (Å²) in [6.45, 7) is 4.48. The molecule has 2 aromatic carbocycles. The fourth-order valence-corrected chi connectivity index (χ4v) is 4.87. The van der Waals surface area contributed by atoms with E-state index in [2.05, 4.69) is 5.32 Å². The monoisotopic (exact) mass is 525 g/mol. The van der Waals surface area contributed by atoms with Crippen LogP contribution in [0.3, 0.4) is 0 Å². The summed E-state index contributed by atoms with van der Waals surface area (Å²) in [5, 5.41) is 3.35. The molecule has 7 nitrogen and oxygen atoms in total. The molecule has 0 bridgehead atoms. The number of halogens is 2. The lowest BCUT2D eigenvalue weighted by molar-refractivity contribution is -0.141. The van der Waals surface area contributed by atoms with Gasteiger partial charge in [0, 0.05) is 31.1 Å². The first-order chi connectivity index (χ1) is 16.6. The van der Waals surface area contributed by atoms with Crippen LogP contribution in [0.5, 0.6) is 0 Å². The number of nitrogens with zero attached hydrogens (tertiary/aromatic N) is 2. The summed E-state index contributed by atoms with van der Waals surface area (Å²) in [7, 11) is -3.64. The second-order valence-corrected chi connectivity index (χ2v) is 10.6. The topological polar surface area (TPSA) is 86.8 Å². The molecule has 0 fully saturated rings. The Morgan fingerprint density at radius 1 is 1.09 bits per heavy atom. The lowest BCUT2D eigenvalue weighted by Gasteiger charge is -2.31. The number of sulfonamides is 1. The van der Waals surface area contributed by atoms with Crippen molar-refractivity contribution in [1.82, 2.24) is 10.2 Å². The maximum absolute atomic E-state index is 13.3. The van der Waals surface area contributed by atoms with E-state index in [-0.39, 0.29) is 37.7 Å². The first-order valence-corrected chi connectivity index (χ1v) is 13.8. The molecule has 35 heavy (non-hydrogen) atoms. The van der Waals surface area contributed by atoms with E-state index in [1.165, 1.54) is 29.2 Å². The van der Waals surface area contributed by atoms with Gasteiger partial charge in [0.15, 0.2) is 0 Å². The Morgan fingerprint density at radius 3 is 2.31 bits per heavy atom. The quantitative estimate of drug-likeness (QED) is 0.421. The van der Waals surface area contributed by atoms with Crippen molar-refractivity contribution in [2.45, 2.75) is 52.1 Å². The van der Waals surface area contributed by atoms with Crippen molar-refractivity contribution in [2.75, 3.05) is 23.7 Å². The zero-order chi connectivity index (χ0) is 26.0. The third-order valence-electron chi connectivity index (χ3n) is 5.50. The summed E-state index contributed by atoms with van der Waals surface area (Å²) in [5.74, 6) is -0.991. The van der Waals surface area contributed by atoms with E-state index < -0.39 is 21.9 Å². The van der Waals surface area contributed by atoms with Gasteiger partial charge in [-0.25, -0.2) is 12.8 Å². The fraction of sp³-hybridized carbons (Fsp3) is 0.440. The van der Waals surface area contributed by atoms with E-state index >= 15 is 0 Å². The Labute approximate surface area is 212 Å². The van der Waals surface area contributed by atoms with E-state index in [1.54, 1.807) is 18.2 Å². The first kappa shape index (κ1) is 28.6. The molecule has 0 aliphatic carbocycles. The molecule has 0 aromatic heterocycles. The van der Waals surface area contributed by atoms with Crippen molar-refractivity contribution in [3.8, 4) is 0 Å². The highest BCUT2D eigenvalue weighted by molar-refractivity contribution is 7.92. The van der Waals surface area contributed by atoms with Crippen LogP contribution in [0.15, 0.2) is 48.5 Å². The lowest BCUT2D eigenvalue weighted by atomic mass is 10.1. The summed E-state index contributed by atoms with van der Waals surface area (Å²) in [6, 6.07) is 11.6. The van der Waals surface area contributed by atoms with Gasteiger partial charge in [0.25, 0.3) is 0 Å². The van der Waals surface area contributed by atoms with Crippen molar-refractivity contribution in [3.63, 3.8) is 0 Å². The first-order valence-electron chi connectivity index (χ1n) is 11.6. The van der Waals surface area contributed by atoms with E-state index in [0.29, 0.717) is 29.2 Å². The fourth-order valence-electron chi connectivity index (χ4n) is 3.71. The largest absolute Gasteiger partial charge is 0.354 e. The lowest BCUT2D eigenvalue weighted by Crippen LogP contribution is -2.49. The number of nitrogens with one attached hydrogen (secondary N) is 1. The number of benzene rings is 2. The number of hydrogen-bond donors (Lipinski definition) is 1. The van der Waals surface area contributed by atoms with Gasteiger partial charge in [-0.3, -0.25) is 13.9 Å². The van der Waals surface area contributed by atoms with Gasteiger partial charge in [-0.1, -0.05) is 43.6 Å². The second-order valence-electron chi connectivity index (χ2n) is 8.24. The molecule has 0 saturated heterocycles. The molecule has 0 radical (unpaired) electrons. The van der Waals surface area contributed by atoms with E-state index in [4.69, 9.17) is 11.6 Å². The third kappa shape index (κ3) is 8.50. The maximum Gasteiger partial charge on any atom is 0.242 e. The van der Waals surface area contributed by atoms with Gasteiger partial charge in [-0.15, -0.1) is 0 Å². The predicted molar refractivity (Wildman–Crippen MR) is 137 cm³/mol. The standard InChI is InChI=1S/C25H33ClFN3O4S/c1-4-16-28-25(32)23(5-2)29(18-19-9-6-7-10-22(19)26)24(31)11-8-17-30(35(3,33)34)21-14-12-20(27)13-15-21/h6-7,9-10,12-15,23H,4-5,8,11,16-18H2,1-3H3,(H,28,32). The maximum atomic E-state index is 13.3. The van der Waals surface area contributed by atoms with Crippen molar-refractivity contribution in [1.29, 1.82) is 0 Å². The van der Waals surface area contributed by atoms with Gasteiger partial charge in [0.2, 0.25) is 21.8 Å². The molecule has 0 aliphatic rings. The van der Waals surface area contributed by atoms with Crippen LogP contribution in [0.4, 0.5) is 10.1 Å². The van der Waals surface area contributed by atoms with E-state index in [1.807, 2.05) is 19.9 Å². The van der Waals surface area contributed by atoms with Gasteiger partial charge in [0.05, 0.1) is 11.9 Å². The number of carbonyl (C=O) groups is 2. The van der Waals surface area contributed by atoms with Crippen LogP contribution in [-0.4, -0.2) is 50.5 Å². The molecule has 0 saturated carbocycles. The molecule has 1 unspecified atom stereocenters. The Balaban J connectivity index is 2.20. The molecule has 1 N–H and O–H groups in total. The molecule has 2 amide bonds. The summed E-state index contributed by atoms with van der Waals surface area (Å²) in [5.41, 5.74) is 1.04. The SMILES string of the molecule is CCCNC(=O)C(CC)N(Cc1ccccc1Cl)C(=O)CCCN(c1ccc(F)cc1)S(C)(=O)=O. The van der Waals surface area contributed by atoms with Crippen molar-refractivity contribution in [2.24, 2.45) is 0 Å². The normalized spacial score (nSPS) is 12.1. The highest BCUT2D eigenvalue weighted by atomic mass is 35.5. The van der Waals surface area contributed by atoms with Crippen LogP contribution in [0.25, 0.3) is 0 Å². The zero-order valence-electron chi connectivity index (χ0n) is 20.3. The van der Waals surface area contributed by atoms with Crippen LogP contribution in [0, 0.1) is 5.82 Å². The van der Waals surface area contributed by atoms with E-state index in [9.17, 15) is 22.4 Å². The van der Waals surface area contributed by atoms with Crippen LogP contribution < -0.4 is 9.62 Å². The van der Waals surface area contributed by atoms with Crippen molar-refractivity contribution in [3.05, 3.63) is 64.9 Å². The molecular formula is C25H33ClFN3O4S.